The Morgan fingerprint density at radius 2 is 1.26 bits per heavy atom. The number of hydrogen-bond acceptors (Lipinski definition) is 5. The van der Waals surface area contributed by atoms with Gasteiger partial charge >= 0.3 is 5.69 Å². The Hall–Kier alpha value is -3.72. The van der Waals surface area contributed by atoms with Gasteiger partial charge in [0, 0.05) is 46.0 Å². The van der Waals surface area contributed by atoms with Crippen LogP contribution in [0.25, 0.3) is 11.0 Å². The van der Waals surface area contributed by atoms with Crippen LogP contribution in [0.2, 0.25) is 0 Å². The van der Waals surface area contributed by atoms with Crippen molar-refractivity contribution in [3.8, 4) is 0 Å². The van der Waals surface area contributed by atoms with E-state index in [4.69, 9.17) is 0 Å². The first-order valence-electron chi connectivity index (χ1n) is 11.2. The molecule has 0 amide bonds. The minimum Gasteiger partial charge on any atom is -0.368 e. The van der Waals surface area contributed by atoms with E-state index in [2.05, 4.69) is 26.7 Å². The number of nitrogens with one attached hydrogen (secondary N) is 1. The van der Waals surface area contributed by atoms with Gasteiger partial charge in [0.05, 0.1) is 27.3 Å². The van der Waals surface area contributed by atoms with Gasteiger partial charge in [0.25, 0.3) is 10.0 Å². The topological polar surface area (TPSA) is 79.6 Å². The monoisotopic (exact) mass is 477 g/mol. The summed E-state index contributed by atoms with van der Waals surface area (Å²) >= 11 is 0. The standard InChI is InChI=1S/C25H27N5O3S/c1-27-23-17-21(26-34(32,33)20-11-7-4-8-12-20)22(18-24(23)28(2)25(27)31)30-15-13-29(14-16-30)19-9-5-3-6-10-19/h3-12,17-18,26H,13-16H2,1-2H3. The molecule has 0 atom stereocenters. The Morgan fingerprint density at radius 1 is 0.735 bits per heavy atom. The summed E-state index contributed by atoms with van der Waals surface area (Å²) in [7, 11) is -0.370. The first kappa shape index (κ1) is 22.1. The summed E-state index contributed by atoms with van der Waals surface area (Å²) in [5.74, 6) is 0. The van der Waals surface area contributed by atoms with E-state index in [0.29, 0.717) is 11.2 Å². The van der Waals surface area contributed by atoms with E-state index in [-0.39, 0.29) is 10.6 Å². The zero-order chi connectivity index (χ0) is 23.9. The number of fused-ring (bicyclic) bond motifs is 1. The van der Waals surface area contributed by atoms with Crippen LogP contribution in [-0.4, -0.2) is 43.7 Å². The predicted octanol–water partition coefficient (Wildman–Crippen LogP) is 3.00. The number of para-hydroxylation sites is 1. The summed E-state index contributed by atoms with van der Waals surface area (Å²) in [4.78, 5) is 17.3. The smallest absolute Gasteiger partial charge is 0.328 e. The lowest BCUT2D eigenvalue weighted by Crippen LogP contribution is -2.46. The highest BCUT2D eigenvalue weighted by Crippen LogP contribution is 2.34. The largest absolute Gasteiger partial charge is 0.368 e. The molecule has 0 radical (unpaired) electrons. The highest BCUT2D eigenvalue weighted by Gasteiger charge is 2.24. The maximum atomic E-state index is 13.2. The Bertz CT molecular complexity index is 1490. The first-order chi connectivity index (χ1) is 16.3. The summed E-state index contributed by atoms with van der Waals surface area (Å²) < 4.78 is 32.2. The molecule has 0 bridgehead atoms. The molecule has 1 aliphatic heterocycles. The molecule has 2 heterocycles. The lowest BCUT2D eigenvalue weighted by Gasteiger charge is -2.38. The second-order valence-corrected chi connectivity index (χ2v) is 10.2. The van der Waals surface area contributed by atoms with Crippen LogP contribution >= 0.6 is 0 Å². The lowest BCUT2D eigenvalue weighted by molar-refractivity contribution is 0.601. The van der Waals surface area contributed by atoms with Gasteiger partial charge in [-0.25, -0.2) is 13.2 Å². The minimum atomic E-state index is -3.79. The second-order valence-electron chi connectivity index (χ2n) is 8.49. The van der Waals surface area contributed by atoms with E-state index >= 15 is 0 Å². The van der Waals surface area contributed by atoms with Gasteiger partial charge in [0.1, 0.15) is 0 Å². The van der Waals surface area contributed by atoms with Crippen molar-refractivity contribution in [1.82, 2.24) is 9.13 Å². The van der Waals surface area contributed by atoms with Gasteiger partial charge < -0.3 is 9.80 Å². The summed E-state index contributed by atoms with van der Waals surface area (Å²) in [6.07, 6.45) is 0. The maximum absolute atomic E-state index is 13.2. The number of nitrogens with zero attached hydrogens (tertiary/aromatic N) is 4. The molecule has 0 unspecified atom stereocenters. The number of hydrogen-bond donors (Lipinski definition) is 1. The number of imidazole rings is 1. The summed E-state index contributed by atoms with van der Waals surface area (Å²) in [5.41, 5.74) is 3.68. The van der Waals surface area contributed by atoms with Crippen LogP contribution < -0.4 is 20.2 Å². The third-order valence-electron chi connectivity index (χ3n) is 6.43. The van der Waals surface area contributed by atoms with Gasteiger partial charge in [0.15, 0.2) is 0 Å². The van der Waals surface area contributed by atoms with Crippen LogP contribution in [0.15, 0.2) is 82.5 Å². The number of piperazine rings is 1. The fourth-order valence-corrected chi connectivity index (χ4v) is 5.61. The summed E-state index contributed by atoms with van der Waals surface area (Å²) in [6, 6.07) is 22.2. The molecular formula is C25H27N5O3S. The Kier molecular flexibility index (Phi) is 5.57. The molecule has 1 saturated heterocycles. The molecule has 0 aliphatic carbocycles. The van der Waals surface area contributed by atoms with Gasteiger partial charge in [0.2, 0.25) is 0 Å². The van der Waals surface area contributed by atoms with Crippen molar-refractivity contribution in [3.63, 3.8) is 0 Å². The average molecular weight is 478 g/mol. The van der Waals surface area contributed by atoms with Gasteiger partial charge in [-0.05, 0) is 36.4 Å². The molecular weight excluding hydrogens is 450 g/mol. The van der Waals surface area contributed by atoms with E-state index in [1.807, 2.05) is 24.3 Å². The van der Waals surface area contributed by atoms with Crippen molar-refractivity contribution < 1.29 is 8.42 Å². The zero-order valence-corrected chi connectivity index (χ0v) is 20.0. The molecule has 9 heteroatoms. The van der Waals surface area contributed by atoms with Gasteiger partial charge in [-0.1, -0.05) is 36.4 Å². The van der Waals surface area contributed by atoms with Gasteiger partial charge in [-0.15, -0.1) is 0 Å². The van der Waals surface area contributed by atoms with Crippen LogP contribution in [0, 0.1) is 0 Å². The number of aryl methyl sites for hydroxylation is 2. The SMILES string of the molecule is Cn1c(=O)n(C)c2cc(N3CCN(c4ccccc4)CC3)c(NS(=O)(=O)c3ccccc3)cc21. The van der Waals surface area contributed by atoms with E-state index in [0.717, 1.165) is 37.4 Å². The second kappa shape index (κ2) is 8.57. The van der Waals surface area contributed by atoms with Crippen molar-refractivity contribution in [3.05, 3.63) is 83.3 Å². The number of aromatic nitrogens is 2. The molecule has 3 aromatic carbocycles. The first-order valence-corrected chi connectivity index (χ1v) is 12.7. The molecule has 5 rings (SSSR count). The van der Waals surface area contributed by atoms with Crippen molar-refractivity contribution in [2.45, 2.75) is 4.90 Å². The lowest BCUT2D eigenvalue weighted by atomic mass is 10.1. The predicted molar refractivity (Wildman–Crippen MR) is 136 cm³/mol. The molecule has 0 saturated carbocycles. The molecule has 1 fully saturated rings. The molecule has 8 nitrogen and oxygen atoms in total. The Balaban J connectivity index is 1.54. The highest BCUT2D eigenvalue weighted by atomic mass is 32.2. The quantitative estimate of drug-likeness (QED) is 0.478. The van der Waals surface area contributed by atoms with Crippen LogP contribution in [0.1, 0.15) is 0 Å². The van der Waals surface area contributed by atoms with E-state index in [1.54, 1.807) is 55.1 Å². The van der Waals surface area contributed by atoms with E-state index in [9.17, 15) is 13.2 Å². The molecule has 4 aromatic rings. The normalized spacial score (nSPS) is 14.5. The Morgan fingerprint density at radius 3 is 1.88 bits per heavy atom. The third kappa shape index (κ3) is 3.92. The van der Waals surface area contributed by atoms with Crippen molar-refractivity contribution in [1.29, 1.82) is 0 Å². The zero-order valence-electron chi connectivity index (χ0n) is 19.2. The summed E-state index contributed by atoms with van der Waals surface area (Å²) in [5, 5.41) is 0. The van der Waals surface area contributed by atoms with E-state index in [1.165, 1.54) is 10.3 Å². The summed E-state index contributed by atoms with van der Waals surface area (Å²) in [6.45, 7) is 3.06. The van der Waals surface area contributed by atoms with Gasteiger partial charge in [-0.2, -0.15) is 0 Å². The number of anilines is 3. The van der Waals surface area contributed by atoms with Crippen LogP contribution in [0.4, 0.5) is 17.1 Å². The van der Waals surface area contributed by atoms with Crippen LogP contribution in [-0.2, 0) is 24.1 Å². The van der Waals surface area contributed by atoms with Crippen molar-refractivity contribution in [2.75, 3.05) is 40.7 Å². The van der Waals surface area contributed by atoms with Crippen LogP contribution in [0.3, 0.4) is 0 Å². The number of sulfonamides is 1. The fraction of sp³-hybridized carbons (Fsp3) is 0.240. The minimum absolute atomic E-state index is 0.155. The average Bonchev–Trinajstić information content (AvgIpc) is 3.08. The fourth-order valence-electron chi connectivity index (χ4n) is 4.53. The molecule has 176 valence electrons. The molecule has 34 heavy (non-hydrogen) atoms. The molecule has 1 aliphatic rings. The molecule has 1 N–H and O–H groups in total. The molecule has 0 spiro atoms. The van der Waals surface area contributed by atoms with Crippen molar-refractivity contribution >= 4 is 38.1 Å². The molecule has 1 aromatic heterocycles. The van der Waals surface area contributed by atoms with Gasteiger partial charge in [-0.3, -0.25) is 13.9 Å². The Labute approximate surface area is 198 Å². The third-order valence-corrected chi connectivity index (χ3v) is 7.81. The maximum Gasteiger partial charge on any atom is 0.328 e. The van der Waals surface area contributed by atoms with Crippen molar-refractivity contribution in [2.24, 2.45) is 14.1 Å². The van der Waals surface area contributed by atoms with E-state index < -0.39 is 10.0 Å². The van der Waals surface area contributed by atoms with Crippen LogP contribution in [0.5, 0.6) is 0 Å². The number of benzene rings is 3. The number of rotatable bonds is 5. The highest BCUT2D eigenvalue weighted by molar-refractivity contribution is 7.92.